The fraction of sp³-hybridized carbons (Fsp3) is 0.600. The van der Waals surface area contributed by atoms with Gasteiger partial charge in [-0.25, -0.2) is 8.78 Å². The molecule has 1 aromatic rings. The van der Waals surface area contributed by atoms with E-state index in [0.29, 0.717) is 10.9 Å². The molecule has 1 nitrogen and oxygen atoms in total. The van der Waals surface area contributed by atoms with Crippen molar-refractivity contribution in [1.82, 2.24) is 5.32 Å². The van der Waals surface area contributed by atoms with E-state index in [9.17, 15) is 8.78 Å². The number of thioether (sulfide) groups is 1. The number of hydrogen-bond acceptors (Lipinski definition) is 2. The number of hydrogen-bond donors (Lipinski definition) is 1. The summed E-state index contributed by atoms with van der Waals surface area (Å²) in [6.45, 7) is 0.987. The standard InChI is InChI=1S/C15H21F2NS/c16-12-7-8-15(14(17)11-12)19-10-4-9-18-13-5-2-1-3-6-13/h7-8,11,13,18H,1-6,9-10H2. The van der Waals surface area contributed by atoms with Crippen molar-refractivity contribution in [2.45, 2.75) is 49.5 Å². The Hall–Kier alpha value is -0.610. The third-order valence-corrected chi connectivity index (χ3v) is 4.65. The zero-order chi connectivity index (χ0) is 13.5. The minimum Gasteiger partial charge on any atom is -0.314 e. The maximum Gasteiger partial charge on any atom is 0.139 e. The molecule has 1 saturated carbocycles. The van der Waals surface area contributed by atoms with Crippen LogP contribution in [-0.2, 0) is 0 Å². The van der Waals surface area contributed by atoms with Crippen LogP contribution >= 0.6 is 11.8 Å². The molecule has 4 heteroatoms. The molecule has 0 aliphatic heterocycles. The summed E-state index contributed by atoms with van der Waals surface area (Å²) in [7, 11) is 0. The maximum absolute atomic E-state index is 13.4. The second-order valence-corrected chi connectivity index (χ2v) is 6.20. The summed E-state index contributed by atoms with van der Waals surface area (Å²) in [5.41, 5.74) is 0. The summed E-state index contributed by atoms with van der Waals surface area (Å²) >= 11 is 1.46. The van der Waals surface area contributed by atoms with E-state index in [1.165, 1.54) is 56.0 Å². The highest BCUT2D eigenvalue weighted by Gasteiger charge is 2.11. The molecule has 1 aromatic carbocycles. The number of nitrogens with one attached hydrogen (secondary N) is 1. The zero-order valence-electron chi connectivity index (χ0n) is 11.1. The second-order valence-electron chi connectivity index (χ2n) is 5.07. The minimum absolute atomic E-state index is 0.453. The molecule has 1 aliphatic carbocycles. The van der Waals surface area contributed by atoms with E-state index in [1.54, 1.807) is 0 Å². The number of rotatable bonds is 6. The second kappa shape index (κ2) is 7.85. The fourth-order valence-corrected chi connectivity index (χ4v) is 3.33. The molecular formula is C15H21F2NS. The lowest BCUT2D eigenvalue weighted by molar-refractivity contribution is 0.375. The molecule has 19 heavy (non-hydrogen) atoms. The normalized spacial score (nSPS) is 16.7. The first-order valence-corrected chi connectivity index (χ1v) is 8.05. The van der Waals surface area contributed by atoms with Crippen LogP contribution in [0.25, 0.3) is 0 Å². The van der Waals surface area contributed by atoms with E-state index >= 15 is 0 Å². The topological polar surface area (TPSA) is 12.0 Å². The Kier molecular flexibility index (Phi) is 6.11. The van der Waals surface area contributed by atoms with Gasteiger partial charge in [-0.2, -0.15) is 0 Å². The summed E-state index contributed by atoms with van der Waals surface area (Å²) in [4.78, 5) is 0.541. The van der Waals surface area contributed by atoms with E-state index in [1.807, 2.05) is 0 Å². The van der Waals surface area contributed by atoms with Crippen LogP contribution < -0.4 is 5.32 Å². The highest BCUT2D eigenvalue weighted by Crippen LogP contribution is 2.23. The largest absolute Gasteiger partial charge is 0.314 e. The van der Waals surface area contributed by atoms with Gasteiger partial charge in [0.1, 0.15) is 11.6 Å². The van der Waals surface area contributed by atoms with Crippen LogP contribution in [0.1, 0.15) is 38.5 Å². The lowest BCUT2D eigenvalue weighted by Gasteiger charge is -2.22. The molecule has 0 heterocycles. The Bertz CT molecular complexity index is 392. The van der Waals surface area contributed by atoms with Crippen LogP contribution in [0.15, 0.2) is 23.1 Å². The summed E-state index contributed by atoms with van der Waals surface area (Å²) < 4.78 is 26.1. The zero-order valence-corrected chi connectivity index (χ0v) is 11.9. The van der Waals surface area contributed by atoms with Crippen molar-refractivity contribution in [1.29, 1.82) is 0 Å². The third-order valence-electron chi connectivity index (χ3n) is 3.51. The average molecular weight is 285 g/mol. The van der Waals surface area contributed by atoms with Crippen LogP contribution in [0.3, 0.4) is 0 Å². The van der Waals surface area contributed by atoms with Gasteiger partial charge in [-0.3, -0.25) is 0 Å². The molecule has 0 atom stereocenters. The van der Waals surface area contributed by atoms with E-state index in [2.05, 4.69) is 5.32 Å². The Morgan fingerprint density at radius 2 is 1.95 bits per heavy atom. The SMILES string of the molecule is Fc1ccc(SCCCNC2CCCCC2)c(F)c1. The van der Waals surface area contributed by atoms with Crippen LogP contribution in [0.4, 0.5) is 8.78 Å². The van der Waals surface area contributed by atoms with Gasteiger partial charge in [0, 0.05) is 17.0 Å². The van der Waals surface area contributed by atoms with Crippen molar-refractivity contribution in [3.63, 3.8) is 0 Å². The van der Waals surface area contributed by atoms with Gasteiger partial charge >= 0.3 is 0 Å². The van der Waals surface area contributed by atoms with Crippen molar-refractivity contribution in [3.05, 3.63) is 29.8 Å². The minimum atomic E-state index is -0.513. The van der Waals surface area contributed by atoms with Crippen LogP contribution in [-0.4, -0.2) is 18.3 Å². The fourth-order valence-electron chi connectivity index (χ4n) is 2.46. The summed E-state index contributed by atoms with van der Waals surface area (Å²) in [6.07, 6.45) is 7.65. The smallest absolute Gasteiger partial charge is 0.139 e. The van der Waals surface area contributed by atoms with E-state index in [4.69, 9.17) is 0 Å². The van der Waals surface area contributed by atoms with Gasteiger partial charge in [-0.15, -0.1) is 11.8 Å². The number of halogens is 2. The Labute approximate surface area is 118 Å². The first-order valence-electron chi connectivity index (χ1n) is 7.07. The van der Waals surface area contributed by atoms with E-state index in [0.717, 1.165) is 24.8 Å². The van der Waals surface area contributed by atoms with Gasteiger partial charge in [0.2, 0.25) is 0 Å². The molecule has 0 amide bonds. The van der Waals surface area contributed by atoms with Crippen LogP contribution in [0, 0.1) is 11.6 Å². The van der Waals surface area contributed by atoms with Gasteiger partial charge < -0.3 is 5.32 Å². The van der Waals surface area contributed by atoms with Gasteiger partial charge in [0.15, 0.2) is 0 Å². The van der Waals surface area contributed by atoms with Crippen molar-refractivity contribution >= 4 is 11.8 Å². The van der Waals surface area contributed by atoms with E-state index in [-0.39, 0.29) is 0 Å². The molecule has 106 valence electrons. The molecule has 1 fully saturated rings. The monoisotopic (exact) mass is 285 g/mol. The Morgan fingerprint density at radius 1 is 1.16 bits per heavy atom. The highest BCUT2D eigenvalue weighted by atomic mass is 32.2. The van der Waals surface area contributed by atoms with Gasteiger partial charge in [0.05, 0.1) is 0 Å². The van der Waals surface area contributed by atoms with Crippen molar-refractivity contribution in [2.24, 2.45) is 0 Å². The molecular weight excluding hydrogens is 264 g/mol. The quantitative estimate of drug-likeness (QED) is 0.615. The lowest BCUT2D eigenvalue weighted by atomic mass is 9.95. The molecule has 2 rings (SSSR count). The summed E-state index contributed by atoms with van der Waals surface area (Å²) in [6, 6.07) is 4.46. The summed E-state index contributed by atoms with van der Waals surface area (Å²) in [5.74, 6) is -0.103. The van der Waals surface area contributed by atoms with Crippen LogP contribution in [0.5, 0.6) is 0 Å². The average Bonchev–Trinajstić information content (AvgIpc) is 2.42. The molecule has 0 radical (unpaired) electrons. The third kappa shape index (κ3) is 5.11. The molecule has 0 saturated heterocycles. The predicted octanol–water partition coefficient (Wildman–Crippen LogP) is 4.37. The van der Waals surface area contributed by atoms with Gasteiger partial charge in [0.25, 0.3) is 0 Å². The first kappa shape index (κ1) is 14.8. The van der Waals surface area contributed by atoms with Gasteiger partial charge in [-0.1, -0.05) is 19.3 Å². The molecule has 0 spiro atoms. The van der Waals surface area contributed by atoms with E-state index < -0.39 is 11.6 Å². The summed E-state index contributed by atoms with van der Waals surface area (Å²) in [5, 5.41) is 3.56. The highest BCUT2D eigenvalue weighted by molar-refractivity contribution is 7.99. The van der Waals surface area contributed by atoms with Gasteiger partial charge in [-0.05, 0) is 43.7 Å². The molecule has 1 N–H and O–H groups in total. The number of benzene rings is 1. The van der Waals surface area contributed by atoms with Crippen molar-refractivity contribution < 1.29 is 8.78 Å². The first-order chi connectivity index (χ1) is 9.25. The molecule has 0 bridgehead atoms. The maximum atomic E-state index is 13.4. The van der Waals surface area contributed by atoms with Crippen LogP contribution in [0.2, 0.25) is 0 Å². The lowest BCUT2D eigenvalue weighted by Crippen LogP contribution is -2.31. The Morgan fingerprint density at radius 3 is 2.68 bits per heavy atom. The van der Waals surface area contributed by atoms with Crippen molar-refractivity contribution in [3.8, 4) is 0 Å². The molecule has 1 aliphatic rings. The predicted molar refractivity (Wildman–Crippen MR) is 76.6 cm³/mol. The Balaban J connectivity index is 1.61. The molecule has 0 aromatic heterocycles. The molecule has 0 unspecified atom stereocenters. The van der Waals surface area contributed by atoms with Crippen molar-refractivity contribution in [2.75, 3.05) is 12.3 Å².